The minimum Gasteiger partial charge on any atom is -0.497 e. The molecule has 3 aromatic rings. The van der Waals surface area contributed by atoms with Crippen LogP contribution in [0.1, 0.15) is 25.0 Å². The molecule has 1 aromatic carbocycles. The summed E-state index contributed by atoms with van der Waals surface area (Å²) >= 11 is 0. The maximum Gasteiger partial charge on any atom is 0.119 e. The van der Waals surface area contributed by atoms with E-state index in [4.69, 9.17) is 10.5 Å². The maximum atomic E-state index is 9.56. The van der Waals surface area contributed by atoms with Crippen LogP contribution in [0.5, 0.6) is 5.75 Å². The highest BCUT2D eigenvalue weighted by molar-refractivity contribution is 6.04. The molecule has 5 nitrogen and oxygen atoms in total. The molecule has 0 aliphatic heterocycles. The number of hydrogen-bond acceptors (Lipinski definition) is 4. The molecular formula is C19H20N4O. The molecule has 0 atom stereocenters. The molecule has 2 heterocycles. The lowest BCUT2D eigenvalue weighted by molar-refractivity contribution is 0.415. The van der Waals surface area contributed by atoms with Gasteiger partial charge in [0.1, 0.15) is 11.8 Å². The molecule has 0 saturated heterocycles. The number of pyridine rings is 1. The summed E-state index contributed by atoms with van der Waals surface area (Å²) in [4.78, 5) is 7.19. The minimum absolute atomic E-state index is 0.402. The number of hydrogen-bond donors (Lipinski definition) is 2. The number of nitrogens with one attached hydrogen (secondary N) is 1. The fraction of sp³-hybridized carbons (Fsp3) is 0.158. The van der Waals surface area contributed by atoms with E-state index in [1.807, 2.05) is 38.1 Å². The van der Waals surface area contributed by atoms with Crippen LogP contribution < -0.4 is 10.5 Å². The number of methoxy groups -OCH3 is 1. The van der Waals surface area contributed by atoms with Gasteiger partial charge in [0.2, 0.25) is 0 Å². The van der Waals surface area contributed by atoms with Gasteiger partial charge in [-0.05, 0) is 30.3 Å². The smallest absolute Gasteiger partial charge is 0.119 e. The number of aromatic nitrogens is 2. The minimum atomic E-state index is 0.402. The van der Waals surface area contributed by atoms with Crippen molar-refractivity contribution in [2.45, 2.75) is 13.8 Å². The van der Waals surface area contributed by atoms with Gasteiger partial charge < -0.3 is 15.5 Å². The third kappa shape index (κ3) is 3.23. The zero-order chi connectivity index (χ0) is 17.5. The van der Waals surface area contributed by atoms with E-state index in [1.165, 1.54) is 0 Å². The lowest BCUT2D eigenvalue weighted by Crippen LogP contribution is -2.00. The van der Waals surface area contributed by atoms with Gasteiger partial charge in [0.05, 0.1) is 18.4 Å². The van der Waals surface area contributed by atoms with Crippen molar-refractivity contribution in [2.75, 3.05) is 7.11 Å². The summed E-state index contributed by atoms with van der Waals surface area (Å²) in [6.07, 6.45) is 5.09. The van der Waals surface area contributed by atoms with E-state index >= 15 is 0 Å². The number of fused-ring (bicyclic) bond motifs is 1. The van der Waals surface area contributed by atoms with Crippen molar-refractivity contribution in [1.82, 2.24) is 9.97 Å². The zero-order valence-corrected chi connectivity index (χ0v) is 14.0. The van der Waals surface area contributed by atoms with E-state index < -0.39 is 0 Å². The van der Waals surface area contributed by atoms with Crippen LogP contribution in [0, 0.1) is 11.3 Å². The Bertz CT molecular complexity index is 889. The largest absolute Gasteiger partial charge is 0.497 e. The molecule has 3 rings (SSSR count). The fourth-order valence-electron chi connectivity index (χ4n) is 2.37. The molecule has 5 heteroatoms. The molecule has 0 unspecified atom stereocenters. The van der Waals surface area contributed by atoms with Gasteiger partial charge in [-0.2, -0.15) is 5.26 Å². The van der Waals surface area contributed by atoms with E-state index in [0.29, 0.717) is 11.3 Å². The first-order valence-corrected chi connectivity index (χ1v) is 7.70. The molecule has 0 spiro atoms. The molecule has 0 radical (unpaired) electrons. The van der Waals surface area contributed by atoms with Crippen LogP contribution in [0.25, 0.3) is 22.2 Å². The first kappa shape index (κ1) is 17.1. The van der Waals surface area contributed by atoms with Crippen molar-refractivity contribution >= 4 is 22.2 Å². The number of benzene rings is 1. The molecule has 2 aromatic heterocycles. The highest BCUT2D eigenvalue weighted by Crippen LogP contribution is 2.30. The van der Waals surface area contributed by atoms with E-state index in [0.717, 1.165) is 27.8 Å². The van der Waals surface area contributed by atoms with Crippen molar-refractivity contribution in [3.05, 3.63) is 60.0 Å². The summed E-state index contributed by atoms with van der Waals surface area (Å²) in [6.45, 7) is 4.00. The predicted molar refractivity (Wildman–Crippen MR) is 97.1 cm³/mol. The third-order valence-corrected chi connectivity index (χ3v) is 3.51. The summed E-state index contributed by atoms with van der Waals surface area (Å²) in [5.41, 5.74) is 9.37. The molecule has 0 fully saturated rings. The quantitative estimate of drug-likeness (QED) is 0.715. The number of ether oxygens (including phenoxy) is 1. The van der Waals surface area contributed by atoms with E-state index in [9.17, 15) is 5.26 Å². The first-order chi connectivity index (χ1) is 11.7. The van der Waals surface area contributed by atoms with Gasteiger partial charge in [0.15, 0.2) is 0 Å². The molecule has 0 aliphatic carbocycles. The predicted octanol–water partition coefficient (Wildman–Crippen LogP) is 3.95. The standard InChI is InChI=1S/C17H14N4O.C2H6/c1-22-12-4-5-16-13(7-12)15(10-21-16)14(8-18)17(19)11-3-2-6-20-9-11;1-2/h2-7,9-10,21H,19H2,1H3;1-2H3/b17-14-;. The Balaban J connectivity index is 0.00000100. The summed E-state index contributed by atoms with van der Waals surface area (Å²) in [7, 11) is 1.61. The zero-order valence-electron chi connectivity index (χ0n) is 14.0. The number of rotatable bonds is 3. The van der Waals surface area contributed by atoms with Crippen LogP contribution in [-0.4, -0.2) is 17.1 Å². The average Bonchev–Trinajstić information content (AvgIpc) is 3.07. The van der Waals surface area contributed by atoms with Crippen molar-refractivity contribution in [3.63, 3.8) is 0 Å². The Morgan fingerprint density at radius 2 is 2.08 bits per heavy atom. The van der Waals surface area contributed by atoms with Gasteiger partial charge in [-0.3, -0.25) is 4.98 Å². The number of H-pyrrole nitrogens is 1. The lowest BCUT2D eigenvalue weighted by Gasteiger charge is -2.05. The SMILES string of the molecule is CC.COc1ccc2[nH]cc(/C(C#N)=C(\N)c3cccnc3)c2c1. The van der Waals surface area contributed by atoms with Gasteiger partial charge in [-0.25, -0.2) is 0 Å². The Kier molecular flexibility index (Phi) is 5.58. The highest BCUT2D eigenvalue weighted by atomic mass is 16.5. The second-order valence-electron chi connectivity index (χ2n) is 4.76. The van der Waals surface area contributed by atoms with Crippen LogP contribution in [0.3, 0.4) is 0 Å². The van der Waals surface area contributed by atoms with E-state index in [1.54, 1.807) is 31.8 Å². The molecule has 0 amide bonds. The first-order valence-electron chi connectivity index (χ1n) is 7.70. The summed E-state index contributed by atoms with van der Waals surface area (Å²) in [5.74, 6) is 0.727. The fourth-order valence-corrected chi connectivity index (χ4v) is 2.37. The van der Waals surface area contributed by atoms with Crippen molar-refractivity contribution in [2.24, 2.45) is 5.73 Å². The average molecular weight is 320 g/mol. The van der Waals surface area contributed by atoms with E-state index in [-0.39, 0.29) is 0 Å². The lowest BCUT2D eigenvalue weighted by atomic mass is 10.0. The van der Waals surface area contributed by atoms with E-state index in [2.05, 4.69) is 16.0 Å². The third-order valence-electron chi connectivity index (χ3n) is 3.51. The van der Waals surface area contributed by atoms with Crippen molar-refractivity contribution < 1.29 is 4.74 Å². The molecule has 0 bridgehead atoms. The highest BCUT2D eigenvalue weighted by Gasteiger charge is 2.14. The Morgan fingerprint density at radius 1 is 1.29 bits per heavy atom. The van der Waals surface area contributed by atoms with Crippen LogP contribution >= 0.6 is 0 Å². The number of nitrogens with two attached hydrogens (primary N) is 1. The Hall–Kier alpha value is -3.26. The molecule has 0 aliphatic rings. The topological polar surface area (TPSA) is 87.7 Å². The van der Waals surface area contributed by atoms with Gasteiger partial charge in [0.25, 0.3) is 0 Å². The summed E-state index contributed by atoms with van der Waals surface area (Å²) in [5, 5.41) is 10.5. The Labute approximate surface area is 141 Å². The van der Waals surface area contributed by atoms with Crippen LogP contribution in [0.2, 0.25) is 0 Å². The normalized spacial score (nSPS) is 11.1. The number of nitriles is 1. The van der Waals surface area contributed by atoms with Crippen LogP contribution in [0.15, 0.2) is 48.9 Å². The van der Waals surface area contributed by atoms with Crippen molar-refractivity contribution in [1.29, 1.82) is 5.26 Å². The maximum absolute atomic E-state index is 9.56. The van der Waals surface area contributed by atoms with Crippen LogP contribution in [-0.2, 0) is 0 Å². The molecule has 0 saturated carbocycles. The summed E-state index contributed by atoms with van der Waals surface area (Å²) < 4.78 is 5.25. The summed E-state index contributed by atoms with van der Waals surface area (Å²) in [6, 6.07) is 11.5. The van der Waals surface area contributed by atoms with Gasteiger partial charge in [0, 0.05) is 40.6 Å². The molecule has 24 heavy (non-hydrogen) atoms. The molecular weight excluding hydrogens is 300 g/mol. The number of allylic oxidation sites excluding steroid dienone is 1. The Morgan fingerprint density at radius 3 is 2.71 bits per heavy atom. The van der Waals surface area contributed by atoms with Crippen LogP contribution in [0.4, 0.5) is 0 Å². The monoisotopic (exact) mass is 320 g/mol. The second-order valence-corrected chi connectivity index (χ2v) is 4.76. The van der Waals surface area contributed by atoms with Crippen molar-refractivity contribution in [3.8, 4) is 11.8 Å². The molecule has 122 valence electrons. The number of nitrogens with zero attached hydrogens (tertiary/aromatic N) is 2. The van der Waals surface area contributed by atoms with Gasteiger partial charge in [-0.1, -0.05) is 13.8 Å². The molecule has 3 N–H and O–H groups in total. The van der Waals surface area contributed by atoms with Gasteiger partial charge in [-0.15, -0.1) is 0 Å². The second kappa shape index (κ2) is 7.84. The number of aromatic amines is 1. The van der Waals surface area contributed by atoms with Gasteiger partial charge >= 0.3 is 0 Å².